The number of hydrogen-bond acceptors (Lipinski definition) is 4. The van der Waals surface area contributed by atoms with Gasteiger partial charge in [-0.1, -0.05) is 6.07 Å². The second-order valence-corrected chi connectivity index (χ2v) is 5.01. The first-order chi connectivity index (χ1) is 11.2. The fourth-order valence-electron chi connectivity index (χ4n) is 2.18. The molecule has 24 heavy (non-hydrogen) atoms. The molecule has 0 aliphatic rings. The number of nitrogens with one attached hydrogen (secondary N) is 2. The molecule has 0 radical (unpaired) electrons. The summed E-state index contributed by atoms with van der Waals surface area (Å²) in [6, 6.07) is 2.69. The third-order valence-corrected chi connectivity index (χ3v) is 3.16. The van der Waals surface area contributed by atoms with E-state index in [0.717, 1.165) is 12.1 Å². The molecule has 10 heteroatoms. The van der Waals surface area contributed by atoms with Crippen LogP contribution in [0, 0.1) is 12.7 Å². The van der Waals surface area contributed by atoms with Crippen molar-refractivity contribution in [1.29, 1.82) is 0 Å². The number of aromatic nitrogens is 4. The smallest absolute Gasteiger partial charge is 0.406 e. The van der Waals surface area contributed by atoms with Crippen molar-refractivity contribution < 1.29 is 22.3 Å². The summed E-state index contributed by atoms with van der Waals surface area (Å²) in [5.41, 5.74) is 0.0758. The van der Waals surface area contributed by atoms with Crippen LogP contribution < -0.4 is 10.3 Å². The number of aromatic amines is 2. The van der Waals surface area contributed by atoms with Gasteiger partial charge in [0.25, 0.3) is 5.56 Å². The number of rotatable bonds is 3. The van der Waals surface area contributed by atoms with Gasteiger partial charge in [-0.25, -0.2) is 14.4 Å². The van der Waals surface area contributed by atoms with Gasteiger partial charge in [-0.3, -0.25) is 4.79 Å². The molecule has 0 atom stereocenters. The molecule has 2 heterocycles. The van der Waals surface area contributed by atoms with Crippen LogP contribution in [-0.2, 0) is 6.42 Å². The van der Waals surface area contributed by atoms with Crippen LogP contribution in [0.4, 0.5) is 17.6 Å². The lowest BCUT2D eigenvalue weighted by Crippen LogP contribution is -2.18. The van der Waals surface area contributed by atoms with Gasteiger partial charge in [0.15, 0.2) is 11.3 Å². The number of ether oxygens (including phenoxy) is 1. The van der Waals surface area contributed by atoms with Gasteiger partial charge in [-0.2, -0.15) is 0 Å². The van der Waals surface area contributed by atoms with Crippen LogP contribution in [0.25, 0.3) is 11.3 Å². The van der Waals surface area contributed by atoms with Crippen molar-refractivity contribution in [3.8, 4) is 5.75 Å². The Morgan fingerprint density at radius 1 is 1.17 bits per heavy atom. The molecule has 1 aromatic carbocycles. The standard InChI is InChI=1S/C14H10F4N4O2/c1-6-19-11-12(20-6)22-13(23)10(21-11)4-7-2-3-8(5-9(7)15)24-14(16,17)18/h2-3,5H,4H2,1H3,(H2,19,20,21,22,23). The molecule has 0 amide bonds. The Hall–Kier alpha value is -2.91. The van der Waals surface area contributed by atoms with E-state index in [1.54, 1.807) is 6.92 Å². The van der Waals surface area contributed by atoms with Crippen LogP contribution in [0.2, 0.25) is 0 Å². The lowest BCUT2D eigenvalue weighted by molar-refractivity contribution is -0.274. The SMILES string of the molecule is Cc1nc2[nH]c(=O)c(Cc3ccc(OC(F)(F)F)cc3F)nc2[nH]1. The second-order valence-electron chi connectivity index (χ2n) is 5.01. The van der Waals surface area contributed by atoms with E-state index >= 15 is 0 Å². The largest absolute Gasteiger partial charge is 0.573 e. The average molecular weight is 342 g/mol. The molecular formula is C14H10F4N4O2. The Kier molecular flexibility index (Phi) is 3.74. The summed E-state index contributed by atoms with van der Waals surface area (Å²) in [5, 5.41) is 0. The highest BCUT2D eigenvalue weighted by atomic mass is 19.4. The summed E-state index contributed by atoms with van der Waals surface area (Å²) in [6.07, 6.45) is -5.10. The molecule has 0 aliphatic carbocycles. The van der Waals surface area contributed by atoms with Gasteiger partial charge >= 0.3 is 6.36 Å². The highest BCUT2D eigenvalue weighted by Gasteiger charge is 2.31. The van der Waals surface area contributed by atoms with Crippen molar-refractivity contribution in [3.63, 3.8) is 0 Å². The zero-order chi connectivity index (χ0) is 17.5. The van der Waals surface area contributed by atoms with E-state index < -0.39 is 23.5 Å². The number of alkyl halides is 3. The maximum atomic E-state index is 14.0. The van der Waals surface area contributed by atoms with Gasteiger partial charge in [-0.15, -0.1) is 13.2 Å². The van der Waals surface area contributed by atoms with Crippen LogP contribution in [-0.4, -0.2) is 26.3 Å². The van der Waals surface area contributed by atoms with Gasteiger partial charge in [-0.05, 0) is 18.6 Å². The minimum absolute atomic E-state index is 0.00883. The Bertz CT molecular complexity index is 962. The first kappa shape index (κ1) is 16.0. The lowest BCUT2D eigenvalue weighted by atomic mass is 10.1. The van der Waals surface area contributed by atoms with Gasteiger partial charge in [0, 0.05) is 12.5 Å². The van der Waals surface area contributed by atoms with E-state index in [2.05, 4.69) is 24.7 Å². The van der Waals surface area contributed by atoms with Gasteiger partial charge < -0.3 is 14.7 Å². The summed E-state index contributed by atoms with van der Waals surface area (Å²) >= 11 is 0. The molecule has 6 nitrogen and oxygen atoms in total. The molecular weight excluding hydrogens is 332 g/mol. The summed E-state index contributed by atoms with van der Waals surface area (Å²) < 4.78 is 53.9. The monoisotopic (exact) mass is 342 g/mol. The number of H-pyrrole nitrogens is 2. The van der Waals surface area contributed by atoms with E-state index in [0.29, 0.717) is 17.5 Å². The number of nitrogens with zero attached hydrogens (tertiary/aromatic N) is 2. The summed E-state index contributed by atoms with van der Waals surface area (Å²) in [4.78, 5) is 25.4. The summed E-state index contributed by atoms with van der Waals surface area (Å²) in [5.74, 6) is -1.06. The Morgan fingerprint density at radius 3 is 2.54 bits per heavy atom. The Balaban J connectivity index is 1.91. The minimum Gasteiger partial charge on any atom is -0.406 e. The first-order valence-electron chi connectivity index (χ1n) is 6.71. The fourth-order valence-corrected chi connectivity index (χ4v) is 2.18. The highest BCUT2D eigenvalue weighted by Crippen LogP contribution is 2.25. The number of imidazole rings is 1. The predicted molar refractivity (Wildman–Crippen MR) is 75.1 cm³/mol. The lowest BCUT2D eigenvalue weighted by Gasteiger charge is -2.10. The highest BCUT2D eigenvalue weighted by molar-refractivity contribution is 5.65. The average Bonchev–Trinajstić information content (AvgIpc) is 2.79. The number of aryl methyl sites for hydroxylation is 1. The molecule has 0 unspecified atom stereocenters. The quantitative estimate of drug-likeness (QED) is 0.717. The molecule has 0 bridgehead atoms. The van der Waals surface area contributed by atoms with Crippen molar-refractivity contribution >= 4 is 11.3 Å². The predicted octanol–water partition coefficient (Wildman–Crippen LogP) is 2.58. The summed E-state index contributed by atoms with van der Waals surface area (Å²) in [6.45, 7) is 1.68. The third-order valence-electron chi connectivity index (χ3n) is 3.16. The summed E-state index contributed by atoms with van der Waals surface area (Å²) in [7, 11) is 0. The number of hydrogen-bond donors (Lipinski definition) is 2. The molecule has 0 aliphatic heterocycles. The molecule has 0 saturated heterocycles. The van der Waals surface area contributed by atoms with Crippen LogP contribution in [0.15, 0.2) is 23.0 Å². The number of halogens is 4. The van der Waals surface area contributed by atoms with Crippen molar-refractivity contribution in [2.45, 2.75) is 19.7 Å². The molecule has 3 aromatic rings. The molecule has 3 rings (SSSR count). The molecule has 0 spiro atoms. The van der Waals surface area contributed by atoms with Crippen LogP contribution in [0.5, 0.6) is 5.75 Å². The number of fused-ring (bicyclic) bond motifs is 1. The van der Waals surface area contributed by atoms with Crippen LogP contribution in [0.1, 0.15) is 17.1 Å². The van der Waals surface area contributed by atoms with Crippen molar-refractivity contribution in [2.24, 2.45) is 0 Å². The number of benzene rings is 1. The fraction of sp³-hybridized carbons (Fsp3) is 0.214. The van der Waals surface area contributed by atoms with Crippen molar-refractivity contribution in [1.82, 2.24) is 19.9 Å². The van der Waals surface area contributed by atoms with E-state index in [4.69, 9.17) is 0 Å². The van der Waals surface area contributed by atoms with Crippen molar-refractivity contribution in [3.05, 3.63) is 51.5 Å². The normalized spacial score (nSPS) is 11.9. The van der Waals surface area contributed by atoms with E-state index in [9.17, 15) is 22.4 Å². The zero-order valence-corrected chi connectivity index (χ0v) is 12.2. The van der Waals surface area contributed by atoms with E-state index in [-0.39, 0.29) is 23.3 Å². The zero-order valence-electron chi connectivity index (χ0n) is 12.2. The molecule has 2 N–H and O–H groups in total. The van der Waals surface area contributed by atoms with E-state index in [1.807, 2.05) is 0 Å². The molecule has 0 fully saturated rings. The minimum atomic E-state index is -4.91. The maximum Gasteiger partial charge on any atom is 0.573 e. The Labute approximate surface area is 131 Å². The molecule has 126 valence electrons. The third kappa shape index (κ3) is 3.36. The second kappa shape index (κ2) is 5.62. The molecule has 2 aromatic heterocycles. The van der Waals surface area contributed by atoms with E-state index in [1.165, 1.54) is 0 Å². The van der Waals surface area contributed by atoms with Gasteiger partial charge in [0.1, 0.15) is 23.1 Å². The van der Waals surface area contributed by atoms with Gasteiger partial charge in [0.05, 0.1) is 0 Å². The Morgan fingerprint density at radius 2 is 1.88 bits per heavy atom. The maximum absolute atomic E-state index is 14.0. The molecule has 0 saturated carbocycles. The topological polar surface area (TPSA) is 83.7 Å². The van der Waals surface area contributed by atoms with Gasteiger partial charge in [0.2, 0.25) is 0 Å². The van der Waals surface area contributed by atoms with Crippen molar-refractivity contribution in [2.75, 3.05) is 0 Å². The van der Waals surface area contributed by atoms with Crippen LogP contribution in [0.3, 0.4) is 0 Å². The first-order valence-corrected chi connectivity index (χ1v) is 6.71. The van der Waals surface area contributed by atoms with Crippen LogP contribution >= 0.6 is 0 Å².